The summed E-state index contributed by atoms with van der Waals surface area (Å²) in [5, 5.41) is 12.1. The van der Waals surface area contributed by atoms with Crippen molar-refractivity contribution in [2.75, 3.05) is 13.1 Å². The van der Waals surface area contributed by atoms with Crippen molar-refractivity contribution in [3.05, 3.63) is 0 Å². The van der Waals surface area contributed by atoms with E-state index in [0.29, 0.717) is 13.0 Å². The monoisotopic (exact) mass is 216 g/mol. The van der Waals surface area contributed by atoms with Crippen LogP contribution in [-0.4, -0.2) is 29.7 Å². The molecule has 0 aromatic carbocycles. The molecule has 0 atom stereocenters. The summed E-state index contributed by atoms with van der Waals surface area (Å²) in [6.45, 7) is 4.39. The topological polar surface area (TPSA) is 75.3 Å². The van der Waals surface area contributed by atoms with Gasteiger partial charge in [-0.15, -0.1) is 0 Å². The second-order valence-corrected chi connectivity index (χ2v) is 4.54. The van der Waals surface area contributed by atoms with Crippen LogP contribution in [0, 0.1) is 0 Å². The zero-order chi connectivity index (χ0) is 11.7. The molecular weight excluding hydrogens is 192 g/mol. The van der Waals surface area contributed by atoms with Crippen LogP contribution in [0.15, 0.2) is 0 Å². The molecule has 15 heavy (non-hydrogen) atoms. The maximum absolute atomic E-state index is 11.3. The van der Waals surface area contributed by atoms with E-state index in [1.165, 1.54) is 0 Å². The van der Waals surface area contributed by atoms with Gasteiger partial charge >= 0.3 is 0 Å². The molecule has 0 saturated carbocycles. The van der Waals surface area contributed by atoms with Gasteiger partial charge in [0.2, 0.25) is 5.91 Å². The van der Waals surface area contributed by atoms with E-state index in [-0.39, 0.29) is 5.91 Å². The van der Waals surface area contributed by atoms with Gasteiger partial charge in [-0.3, -0.25) is 4.79 Å². The van der Waals surface area contributed by atoms with Crippen LogP contribution in [0.25, 0.3) is 0 Å². The van der Waals surface area contributed by atoms with Crippen LogP contribution < -0.4 is 11.1 Å². The Morgan fingerprint density at radius 1 is 1.27 bits per heavy atom. The van der Waals surface area contributed by atoms with E-state index in [2.05, 4.69) is 5.32 Å². The SMILES string of the molecule is CC(C)(O)CNC(=O)CCCCCCN. The van der Waals surface area contributed by atoms with Gasteiger partial charge in [-0.25, -0.2) is 0 Å². The minimum absolute atomic E-state index is 0.0184. The summed E-state index contributed by atoms with van der Waals surface area (Å²) in [4.78, 5) is 11.3. The highest BCUT2D eigenvalue weighted by Gasteiger charge is 2.13. The van der Waals surface area contributed by atoms with Crippen LogP contribution in [0.5, 0.6) is 0 Å². The average molecular weight is 216 g/mol. The molecule has 0 saturated heterocycles. The number of unbranched alkanes of at least 4 members (excludes halogenated alkanes) is 3. The summed E-state index contributed by atoms with van der Waals surface area (Å²) in [5.74, 6) is 0.0184. The van der Waals surface area contributed by atoms with Gasteiger partial charge in [0.25, 0.3) is 0 Å². The molecule has 0 aromatic rings. The summed E-state index contributed by atoms with van der Waals surface area (Å²) in [5.41, 5.74) is 4.53. The van der Waals surface area contributed by atoms with Crippen molar-refractivity contribution in [2.45, 2.75) is 51.6 Å². The van der Waals surface area contributed by atoms with E-state index in [4.69, 9.17) is 5.73 Å². The van der Waals surface area contributed by atoms with Crippen molar-refractivity contribution in [2.24, 2.45) is 5.73 Å². The van der Waals surface area contributed by atoms with Gasteiger partial charge in [-0.1, -0.05) is 12.8 Å². The second kappa shape index (κ2) is 7.65. The van der Waals surface area contributed by atoms with E-state index in [9.17, 15) is 9.90 Å². The number of nitrogens with one attached hydrogen (secondary N) is 1. The Morgan fingerprint density at radius 3 is 2.40 bits per heavy atom. The van der Waals surface area contributed by atoms with E-state index in [1.807, 2.05) is 0 Å². The summed E-state index contributed by atoms with van der Waals surface area (Å²) in [6, 6.07) is 0. The van der Waals surface area contributed by atoms with Crippen molar-refractivity contribution in [3.8, 4) is 0 Å². The van der Waals surface area contributed by atoms with Crippen LogP contribution in [-0.2, 0) is 4.79 Å². The first-order chi connectivity index (χ1) is 6.95. The Labute approximate surface area is 92.2 Å². The van der Waals surface area contributed by atoms with Crippen molar-refractivity contribution < 1.29 is 9.90 Å². The number of aliphatic hydroxyl groups is 1. The number of hydrogen-bond acceptors (Lipinski definition) is 3. The molecule has 0 spiro atoms. The lowest BCUT2D eigenvalue weighted by molar-refractivity contribution is -0.122. The maximum atomic E-state index is 11.3. The highest BCUT2D eigenvalue weighted by Crippen LogP contribution is 2.03. The Bertz CT molecular complexity index is 176. The Kier molecular flexibility index (Phi) is 7.34. The lowest BCUT2D eigenvalue weighted by Crippen LogP contribution is -2.38. The van der Waals surface area contributed by atoms with Crippen LogP contribution in [0.3, 0.4) is 0 Å². The van der Waals surface area contributed by atoms with Crippen LogP contribution in [0.1, 0.15) is 46.0 Å². The van der Waals surface area contributed by atoms with Crippen molar-refractivity contribution >= 4 is 5.91 Å². The maximum Gasteiger partial charge on any atom is 0.220 e. The fraction of sp³-hybridized carbons (Fsp3) is 0.909. The fourth-order valence-electron chi connectivity index (χ4n) is 1.19. The predicted molar refractivity (Wildman–Crippen MR) is 61.4 cm³/mol. The zero-order valence-electron chi connectivity index (χ0n) is 9.88. The largest absolute Gasteiger partial charge is 0.389 e. The molecule has 90 valence electrons. The van der Waals surface area contributed by atoms with Gasteiger partial charge in [-0.05, 0) is 33.2 Å². The molecule has 4 N–H and O–H groups in total. The molecule has 0 aliphatic carbocycles. The van der Waals surface area contributed by atoms with Gasteiger partial charge in [0.05, 0.1) is 5.60 Å². The molecule has 0 aliphatic heterocycles. The van der Waals surface area contributed by atoms with Gasteiger partial charge in [0, 0.05) is 13.0 Å². The molecule has 0 unspecified atom stereocenters. The Morgan fingerprint density at radius 2 is 1.87 bits per heavy atom. The minimum atomic E-state index is -0.824. The lowest BCUT2D eigenvalue weighted by Gasteiger charge is -2.17. The van der Waals surface area contributed by atoms with Crippen molar-refractivity contribution in [1.82, 2.24) is 5.32 Å². The Hall–Kier alpha value is -0.610. The average Bonchev–Trinajstić information content (AvgIpc) is 2.13. The van der Waals surface area contributed by atoms with Crippen LogP contribution in [0.2, 0.25) is 0 Å². The number of nitrogens with two attached hydrogens (primary N) is 1. The molecule has 0 aromatic heterocycles. The van der Waals surface area contributed by atoms with E-state index in [1.54, 1.807) is 13.8 Å². The molecule has 4 nitrogen and oxygen atoms in total. The fourth-order valence-corrected chi connectivity index (χ4v) is 1.19. The van der Waals surface area contributed by atoms with Gasteiger partial charge in [0.15, 0.2) is 0 Å². The molecule has 0 fully saturated rings. The minimum Gasteiger partial charge on any atom is -0.389 e. The molecule has 0 rings (SSSR count). The number of hydrogen-bond donors (Lipinski definition) is 3. The third kappa shape index (κ3) is 11.3. The molecular formula is C11H24N2O2. The van der Waals surface area contributed by atoms with E-state index in [0.717, 1.165) is 32.2 Å². The summed E-state index contributed by atoms with van der Waals surface area (Å²) in [7, 11) is 0. The normalized spacial score (nSPS) is 11.5. The van der Waals surface area contributed by atoms with Gasteiger partial charge in [-0.2, -0.15) is 0 Å². The lowest BCUT2D eigenvalue weighted by atomic mass is 10.1. The third-order valence-corrected chi connectivity index (χ3v) is 2.08. The Balaban J connectivity index is 3.34. The first kappa shape index (κ1) is 14.4. The molecule has 4 heteroatoms. The summed E-state index contributed by atoms with van der Waals surface area (Å²) in [6.07, 6.45) is 4.62. The molecule has 0 heterocycles. The smallest absolute Gasteiger partial charge is 0.220 e. The quantitative estimate of drug-likeness (QED) is 0.525. The van der Waals surface area contributed by atoms with Crippen LogP contribution >= 0.6 is 0 Å². The predicted octanol–water partition coefficient (Wildman–Crippen LogP) is 0.783. The molecule has 0 aliphatic rings. The summed E-state index contributed by atoms with van der Waals surface area (Å²) < 4.78 is 0. The molecule has 0 bridgehead atoms. The van der Waals surface area contributed by atoms with Crippen molar-refractivity contribution in [1.29, 1.82) is 0 Å². The first-order valence-electron chi connectivity index (χ1n) is 5.65. The highest BCUT2D eigenvalue weighted by atomic mass is 16.3. The highest BCUT2D eigenvalue weighted by molar-refractivity contribution is 5.75. The van der Waals surface area contributed by atoms with E-state index < -0.39 is 5.60 Å². The zero-order valence-corrected chi connectivity index (χ0v) is 9.88. The van der Waals surface area contributed by atoms with Crippen LogP contribution in [0.4, 0.5) is 0 Å². The standard InChI is InChI=1S/C11H24N2O2/c1-11(2,15)9-13-10(14)7-5-3-4-6-8-12/h15H,3-9,12H2,1-2H3,(H,13,14). The first-order valence-corrected chi connectivity index (χ1v) is 5.65. The number of carbonyl (C=O) groups excluding carboxylic acids is 1. The van der Waals surface area contributed by atoms with Gasteiger partial charge < -0.3 is 16.2 Å². The molecule has 0 radical (unpaired) electrons. The second-order valence-electron chi connectivity index (χ2n) is 4.54. The molecule has 1 amide bonds. The van der Waals surface area contributed by atoms with Crippen molar-refractivity contribution in [3.63, 3.8) is 0 Å². The number of rotatable bonds is 8. The van der Waals surface area contributed by atoms with Gasteiger partial charge in [0.1, 0.15) is 0 Å². The van der Waals surface area contributed by atoms with E-state index >= 15 is 0 Å². The summed E-state index contributed by atoms with van der Waals surface area (Å²) >= 11 is 0. The number of amides is 1. The number of carbonyl (C=O) groups is 1. The third-order valence-electron chi connectivity index (χ3n) is 2.08.